The molecule has 2 heterocycles. The third-order valence-electron chi connectivity index (χ3n) is 3.43. The lowest BCUT2D eigenvalue weighted by molar-refractivity contribution is 0.575. The zero-order chi connectivity index (χ0) is 14.7. The van der Waals surface area contributed by atoms with Crippen LogP contribution in [0.3, 0.4) is 0 Å². The molecule has 0 aliphatic heterocycles. The number of thiophene rings is 1. The van der Waals surface area contributed by atoms with Crippen LogP contribution in [0.4, 0.5) is 0 Å². The van der Waals surface area contributed by atoms with E-state index >= 15 is 0 Å². The van der Waals surface area contributed by atoms with Crippen LogP contribution in [0.15, 0.2) is 48.0 Å². The SMILES string of the molecule is C[C@H](NCc1cn[nH]c1-c1cccs1)c1cccc(Cl)c1. The van der Waals surface area contributed by atoms with E-state index in [0.29, 0.717) is 0 Å². The molecular weight excluding hydrogens is 302 g/mol. The average Bonchev–Trinajstić information content (AvgIpc) is 3.15. The number of nitrogens with zero attached hydrogens (tertiary/aromatic N) is 1. The van der Waals surface area contributed by atoms with E-state index in [1.807, 2.05) is 30.5 Å². The van der Waals surface area contributed by atoms with Gasteiger partial charge in [0.2, 0.25) is 0 Å². The largest absolute Gasteiger partial charge is 0.306 e. The summed E-state index contributed by atoms with van der Waals surface area (Å²) in [6.07, 6.45) is 1.88. The quantitative estimate of drug-likeness (QED) is 0.719. The van der Waals surface area contributed by atoms with Crippen LogP contribution in [0.25, 0.3) is 10.6 Å². The van der Waals surface area contributed by atoms with E-state index in [4.69, 9.17) is 11.6 Å². The van der Waals surface area contributed by atoms with Crippen molar-refractivity contribution >= 4 is 22.9 Å². The third kappa shape index (κ3) is 3.35. The Balaban J connectivity index is 1.70. The van der Waals surface area contributed by atoms with Crippen LogP contribution >= 0.6 is 22.9 Å². The molecule has 5 heteroatoms. The number of aromatic amines is 1. The Hall–Kier alpha value is -1.62. The average molecular weight is 318 g/mol. The van der Waals surface area contributed by atoms with Gasteiger partial charge < -0.3 is 5.32 Å². The lowest BCUT2D eigenvalue weighted by Crippen LogP contribution is -2.18. The van der Waals surface area contributed by atoms with Gasteiger partial charge in [0, 0.05) is 23.2 Å². The van der Waals surface area contributed by atoms with Gasteiger partial charge in [-0.25, -0.2) is 0 Å². The van der Waals surface area contributed by atoms with Crippen molar-refractivity contribution in [2.75, 3.05) is 0 Å². The molecule has 3 aromatic rings. The van der Waals surface area contributed by atoms with Gasteiger partial charge in [0.1, 0.15) is 0 Å². The lowest BCUT2D eigenvalue weighted by Gasteiger charge is -2.14. The molecule has 0 saturated carbocycles. The molecule has 0 fully saturated rings. The highest BCUT2D eigenvalue weighted by Crippen LogP contribution is 2.26. The summed E-state index contributed by atoms with van der Waals surface area (Å²) in [5.74, 6) is 0. The topological polar surface area (TPSA) is 40.7 Å². The van der Waals surface area contributed by atoms with Crippen molar-refractivity contribution in [2.45, 2.75) is 19.5 Å². The summed E-state index contributed by atoms with van der Waals surface area (Å²) < 4.78 is 0. The molecule has 0 radical (unpaired) electrons. The molecule has 0 amide bonds. The zero-order valence-electron chi connectivity index (χ0n) is 11.6. The Morgan fingerprint density at radius 1 is 1.33 bits per heavy atom. The summed E-state index contributed by atoms with van der Waals surface area (Å²) >= 11 is 7.75. The molecule has 3 rings (SSSR count). The highest BCUT2D eigenvalue weighted by Gasteiger charge is 2.11. The van der Waals surface area contributed by atoms with Gasteiger partial charge in [-0.2, -0.15) is 5.10 Å². The van der Waals surface area contributed by atoms with E-state index in [2.05, 4.69) is 40.0 Å². The molecule has 0 aliphatic carbocycles. The molecule has 0 bridgehead atoms. The fraction of sp³-hybridized carbons (Fsp3) is 0.188. The van der Waals surface area contributed by atoms with Crippen molar-refractivity contribution in [3.8, 4) is 10.6 Å². The summed E-state index contributed by atoms with van der Waals surface area (Å²) in [5, 5.41) is 13.6. The molecule has 2 N–H and O–H groups in total. The Bertz CT molecular complexity index is 706. The minimum absolute atomic E-state index is 0.231. The van der Waals surface area contributed by atoms with Gasteiger partial charge in [0.05, 0.1) is 16.8 Å². The van der Waals surface area contributed by atoms with Crippen LogP contribution in [0.1, 0.15) is 24.1 Å². The van der Waals surface area contributed by atoms with Crippen LogP contribution in [0.5, 0.6) is 0 Å². The predicted molar refractivity (Wildman–Crippen MR) is 88.6 cm³/mol. The standard InChI is InChI=1S/C16H16ClN3S/c1-11(12-4-2-5-14(17)8-12)18-9-13-10-19-20-16(13)15-6-3-7-21-15/h2-8,10-11,18H,9H2,1H3,(H,19,20)/t11-/m0/s1. The Morgan fingerprint density at radius 2 is 2.24 bits per heavy atom. The van der Waals surface area contributed by atoms with E-state index < -0.39 is 0 Å². The van der Waals surface area contributed by atoms with Crippen molar-refractivity contribution < 1.29 is 0 Å². The van der Waals surface area contributed by atoms with Gasteiger partial charge in [-0.05, 0) is 36.1 Å². The highest BCUT2D eigenvalue weighted by atomic mass is 35.5. The molecule has 108 valence electrons. The predicted octanol–water partition coefficient (Wildman–Crippen LogP) is 4.64. The number of hydrogen-bond acceptors (Lipinski definition) is 3. The fourth-order valence-electron chi connectivity index (χ4n) is 2.24. The summed E-state index contributed by atoms with van der Waals surface area (Å²) in [6.45, 7) is 2.90. The Kier molecular flexibility index (Phi) is 4.39. The minimum Gasteiger partial charge on any atom is -0.306 e. The van der Waals surface area contributed by atoms with Gasteiger partial charge in [-0.15, -0.1) is 11.3 Å². The molecule has 1 atom stereocenters. The fourth-order valence-corrected chi connectivity index (χ4v) is 3.19. The monoisotopic (exact) mass is 317 g/mol. The van der Waals surface area contributed by atoms with E-state index in [-0.39, 0.29) is 6.04 Å². The second-order valence-corrected chi connectivity index (χ2v) is 6.29. The van der Waals surface area contributed by atoms with Crippen LogP contribution in [-0.4, -0.2) is 10.2 Å². The number of H-pyrrole nitrogens is 1. The van der Waals surface area contributed by atoms with Crippen LogP contribution in [-0.2, 0) is 6.54 Å². The van der Waals surface area contributed by atoms with Crippen LogP contribution in [0.2, 0.25) is 5.02 Å². The molecule has 21 heavy (non-hydrogen) atoms. The van der Waals surface area contributed by atoms with Crippen molar-refractivity contribution in [3.05, 3.63) is 64.1 Å². The molecular formula is C16H16ClN3S. The molecule has 0 aliphatic rings. The number of nitrogens with one attached hydrogen (secondary N) is 2. The number of rotatable bonds is 5. The molecule has 0 spiro atoms. The van der Waals surface area contributed by atoms with Gasteiger partial charge in [0.15, 0.2) is 0 Å². The van der Waals surface area contributed by atoms with Crippen molar-refractivity contribution in [1.82, 2.24) is 15.5 Å². The summed E-state index contributed by atoms with van der Waals surface area (Å²) in [5.41, 5.74) is 3.45. The Morgan fingerprint density at radius 3 is 3.00 bits per heavy atom. The molecule has 0 saturated heterocycles. The van der Waals surface area contributed by atoms with Gasteiger partial charge >= 0.3 is 0 Å². The van der Waals surface area contributed by atoms with Crippen molar-refractivity contribution in [3.63, 3.8) is 0 Å². The first-order valence-electron chi connectivity index (χ1n) is 6.79. The maximum Gasteiger partial charge on any atom is 0.0794 e. The first-order chi connectivity index (χ1) is 10.2. The maximum atomic E-state index is 6.04. The molecule has 0 unspecified atom stereocenters. The number of halogens is 1. The third-order valence-corrected chi connectivity index (χ3v) is 4.56. The summed E-state index contributed by atoms with van der Waals surface area (Å²) in [7, 11) is 0. The van der Waals surface area contributed by atoms with Gasteiger partial charge in [-0.3, -0.25) is 5.10 Å². The summed E-state index contributed by atoms with van der Waals surface area (Å²) in [6, 6.07) is 12.3. The highest BCUT2D eigenvalue weighted by molar-refractivity contribution is 7.13. The molecule has 2 aromatic heterocycles. The second kappa shape index (κ2) is 6.43. The molecule has 1 aromatic carbocycles. The normalized spacial score (nSPS) is 12.5. The smallest absolute Gasteiger partial charge is 0.0794 e. The van der Waals surface area contributed by atoms with E-state index in [0.717, 1.165) is 17.3 Å². The first kappa shape index (κ1) is 14.3. The Labute approximate surface area is 133 Å². The zero-order valence-corrected chi connectivity index (χ0v) is 13.2. The number of benzene rings is 1. The molecule has 3 nitrogen and oxygen atoms in total. The lowest BCUT2D eigenvalue weighted by atomic mass is 10.1. The number of aromatic nitrogens is 2. The second-order valence-electron chi connectivity index (χ2n) is 4.91. The minimum atomic E-state index is 0.231. The van der Waals surface area contributed by atoms with E-state index in [1.54, 1.807) is 11.3 Å². The maximum absolute atomic E-state index is 6.04. The van der Waals surface area contributed by atoms with E-state index in [1.165, 1.54) is 16.0 Å². The number of hydrogen-bond donors (Lipinski definition) is 2. The first-order valence-corrected chi connectivity index (χ1v) is 8.05. The van der Waals surface area contributed by atoms with Crippen molar-refractivity contribution in [2.24, 2.45) is 0 Å². The van der Waals surface area contributed by atoms with Crippen molar-refractivity contribution in [1.29, 1.82) is 0 Å². The van der Waals surface area contributed by atoms with Gasteiger partial charge in [0.25, 0.3) is 0 Å². The van der Waals surface area contributed by atoms with Crippen LogP contribution in [0, 0.1) is 0 Å². The van der Waals surface area contributed by atoms with Crippen LogP contribution < -0.4 is 5.32 Å². The summed E-state index contributed by atoms with van der Waals surface area (Å²) in [4.78, 5) is 1.21. The van der Waals surface area contributed by atoms with Gasteiger partial charge in [-0.1, -0.05) is 29.8 Å². The van der Waals surface area contributed by atoms with E-state index in [9.17, 15) is 0 Å².